The molecular weight excluding hydrogens is 416 g/mol. The van der Waals surface area contributed by atoms with Gasteiger partial charge in [0.1, 0.15) is 0 Å². The third-order valence-electron chi connectivity index (χ3n) is 3.76. The van der Waals surface area contributed by atoms with Crippen LogP contribution in [0.4, 0.5) is 26.3 Å². The summed E-state index contributed by atoms with van der Waals surface area (Å²) in [5, 5.41) is 3.04. The molecule has 3 aromatic heterocycles. The largest absolute Gasteiger partial charge is 0.463 e. The van der Waals surface area contributed by atoms with E-state index in [2.05, 4.69) is 24.9 Å². The number of pyridine rings is 1. The molecule has 0 aliphatic rings. The maximum Gasteiger partial charge on any atom is 0.425 e. The van der Waals surface area contributed by atoms with Crippen molar-refractivity contribution in [2.45, 2.75) is 31.5 Å². The molecule has 1 atom stereocenters. The summed E-state index contributed by atoms with van der Waals surface area (Å²) >= 11 is 5.02. The molecule has 0 radical (unpaired) electrons. The minimum atomic E-state index is -4.70. The molecule has 1 unspecified atom stereocenters. The van der Waals surface area contributed by atoms with Crippen LogP contribution in [-0.4, -0.2) is 36.8 Å². The molecule has 150 valence electrons. The smallest absolute Gasteiger partial charge is 0.425 e. The molecule has 0 aliphatic carbocycles. The molecule has 6 nitrogen and oxygen atoms in total. The summed E-state index contributed by atoms with van der Waals surface area (Å²) in [5.74, 6) is -2.90. The van der Waals surface area contributed by atoms with Gasteiger partial charge in [-0.1, -0.05) is 0 Å². The van der Waals surface area contributed by atoms with Crippen LogP contribution in [0, 0.1) is 12.7 Å². The van der Waals surface area contributed by atoms with Gasteiger partial charge in [-0.25, -0.2) is 9.37 Å². The average molecular weight is 426 g/mol. The fourth-order valence-electron chi connectivity index (χ4n) is 2.38. The number of fused-ring (bicyclic) bond motifs is 1. The number of alkyl halides is 6. The van der Waals surface area contributed by atoms with Gasteiger partial charge in [0.15, 0.2) is 17.6 Å². The Hall–Kier alpha value is -2.63. The minimum absolute atomic E-state index is 0.0152. The van der Waals surface area contributed by atoms with Gasteiger partial charge in [-0.15, -0.1) is 10.2 Å². The zero-order valence-corrected chi connectivity index (χ0v) is 14.9. The number of aromatic nitrogens is 5. The molecule has 0 N–H and O–H groups in total. The molecule has 13 heteroatoms. The molecule has 0 saturated heterocycles. The number of rotatable bonds is 4. The average Bonchev–Trinajstić information content (AvgIpc) is 3.01. The first kappa shape index (κ1) is 20.1. The first-order valence-corrected chi connectivity index (χ1v) is 7.94. The topological polar surface area (TPSA) is 65.2 Å². The van der Waals surface area contributed by atoms with E-state index >= 15 is 0 Å². The number of ether oxygens (including phenoxy) is 1. The van der Waals surface area contributed by atoms with Crippen molar-refractivity contribution in [3.63, 3.8) is 0 Å². The van der Waals surface area contributed by atoms with Crippen LogP contribution in [0.5, 0.6) is 5.88 Å². The van der Waals surface area contributed by atoms with Gasteiger partial charge in [-0.2, -0.15) is 22.0 Å². The Kier molecular flexibility index (Phi) is 4.86. The van der Waals surface area contributed by atoms with Gasteiger partial charge in [0.2, 0.25) is 5.82 Å². The summed E-state index contributed by atoms with van der Waals surface area (Å²) in [5.41, 5.74) is 0.109. The van der Waals surface area contributed by atoms with Crippen molar-refractivity contribution in [1.29, 1.82) is 0 Å². The lowest BCUT2D eigenvalue weighted by atomic mass is 10.1. The molecule has 0 spiro atoms. The maximum atomic E-state index is 14.2. The van der Waals surface area contributed by atoms with Crippen molar-refractivity contribution >= 4 is 17.2 Å². The monoisotopic (exact) mass is 425 g/mol. The van der Waals surface area contributed by atoms with E-state index in [9.17, 15) is 26.3 Å². The first-order valence-electron chi connectivity index (χ1n) is 7.57. The third-order valence-corrected chi connectivity index (χ3v) is 3.93. The lowest BCUT2D eigenvalue weighted by Crippen LogP contribution is -2.31. The summed E-state index contributed by atoms with van der Waals surface area (Å²) in [6.07, 6.45) is -4.86. The molecule has 0 saturated carbocycles. The molecule has 3 rings (SSSR count). The van der Waals surface area contributed by atoms with Crippen LogP contribution in [0.2, 0.25) is 0 Å². The van der Waals surface area contributed by atoms with Crippen LogP contribution >= 0.6 is 11.6 Å². The summed E-state index contributed by atoms with van der Waals surface area (Å²) in [6, 6.07) is 0.829. The van der Waals surface area contributed by atoms with Crippen LogP contribution in [0.15, 0.2) is 18.5 Å². The van der Waals surface area contributed by atoms with Gasteiger partial charge in [0.05, 0.1) is 11.9 Å². The molecule has 0 bridgehead atoms. The van der Waals surface area contributed by atoms with Gasteiger partial charge in [-0.3, -0.25) is 9.38 Å². The lowest BCUT2D eigenvalue weighted by Gasteiger charge is -2.17. The molecule has 0 aliphatic heterocycles. The second-order valence-electron chi connectivity index (χ2n) is 5.72. The summed E-state index contributed by atoms with van der Waals surface area (Å²) in [6.45, 7) is 2.09. The van der Waals surface area contributed by atoms with E-state index < -0.39 is 35.2 Å². The standard InChI is InChI=1S/C15H10ClF6N5O/c1-6-11(23-5-10-25-26-13(27(6)10)14(16,18)19)8-3-9(17)12(24-4-8)28-7(2)15(20,21)22/h3-5,7H,1-2H3. The highest BCUT2D eigenvalue weighted by atomic mass is 35.5. The molecule has 3 heterocycles. The van der Waals surface area contributed by atoms with Crippen molar-refractivity contribution in [2.75, 3.05) is 0 Å². The highest BCUT2D eigenvalue weighted by Crippen LogP contribution is 2.33. The summed E-state index contributed by atoms with van der Waals surface area (Å²) in [7, 11) is 0. The molecule has 28 heavy (non-hydrogen) atoms. The number of hydrogen-bond donors (Lipinski definition) is 0. The van der Waals surface area contributed by atoms with E-state index in [-0.39, 0.29) is 22.6 Å². The fraction of sp³-hybridized carbons (Fsp3) is 0.333. The van der Waals surface area contributed by atoms with E-state index in [1.54, 1.807) is 0 Å². The number of aryl methyl sites for hydroxylation is 1. The minimum Gasteiger partial charge on any atom is -0.463 e. The van der Waals surface area contributed by atoms with Crippen LogP contribution in [0.1, 0.15) is 18.4 Å². The fourth-order valence-corrected chi connectivity index (χ4v) is 2.50. The van der Waals surface area contributed by atoms with Gasteiger partial charge in [0.25, 0.3) is 5.88 Å². The van der Waals surface area contributed by atoms with Crippen molar-refractivity contribution in [3.8, 4) is 17.1 Å². The third kappa shape index (κ3) is 3.68. The molecular formula is C15H10ClF6N5O. The van der Waals surface area contributed by atoms with Gasteiger partial charge in [-0.05, 0) is 31.5 Å². The zero-order chi connectivity index (χ0) is 20.9. The predicted molar refractivity (Wildman–Crippen MR) is 84.6 cm³/mol. The second-order valence-corrected chi connectivity index (χ2v) is 6.19. The molecule has 0 aromatic carbocycles. The Bertz CT molecular complexity index is 1030. The Morgan fingerprint density at radius 2 is 1.79 bits per heavy atom. The first-order chi connectivity index (χ1) is 12.9. The van der Waals surface area contributed by atoms with Gasteiger partial charge in [0, 0.05) is 17.5 Å². The predicted octanol–water partition coefficient (Wildman–Crippen LogP) is 4.25. The highest BCUT2D eigenvalue weighted by molar-refractivity contribution is 6.21. The Balaban J connectivity index is 2.04. The van der Waals surface area contributed by atoms with Crippen LogP contribution < -0.4 is 4.74 Å². The van der Waals surface area contributed by atoms with E-state index in [1.807, 2.05) is 0 Å². The highest BCUT2D eigenvalue weighted by Gasteiger charge is 2.39. The van der Waals surface area contributed by atoms with Gasteiger partial charge >= 0.3 is 11.6 Å². The zero-order valence-electron chi connectivity index (χ0n) is 14.1. The van der Waals surface area contributed by atoms with Crippen molar-refractivity contribution in [2.24, 2.45) is 0 Å². The van der Waals surface area contributed by atoms with E-state index in [0.717, 1.165) is 22.9 Å². The Morgan fingerprint density at radius 1 is 1.11 bits per heavy atom. The summed E-state index contributed by atoms with van der Waals surface area (Å²) < 4.78 is 84.2. The normalized spacial score (nSPS) is 13.8. The lowest BCUT2D eigenvalue weighted by molar-refractivity contribution is -0.190. The second kappa shape index (κ2) is 6.76. The molecule has 0 fully saturated rings. The van der Waals surface area contributed by atoms with E-state index in [1.165, 1.54) is 6.92 Å². The molecule has 3 aromatic rings. The maximum absolute atomic E-state index is 14.2. The van der Waals surface area contributed by atoms with E-state index in [4.69, 9.17) is 11.6 Å². The van der Waals surface area contributed by atoms with Gasteiger partial charge < -0.3 is 4.74 Å². The SMILES string of the molecule is Cc1c(-c2cnc(OC(C)C(F)(F)F)c(F)c2)ncc2nnc(C(F)(F)Cl)n12. The van der Waals surface area contributed by atoms with Crippen molar-refractivity contribution in [1.82, 2.24) is 24.6 Å². The quantitative estimate of drug-likeness (QED) is 0.462. The Labute approximate surface area is 158 Å². The van der Waals surface area contributed by atoms with Crippen molar-refractivity contribution in [3.05, 3.63) is 35.8 Å². The number of halogens is 7. The number of nitrogens with zero attached hydrogens (tertiary/aromatic N) is 5. The van der Waals surface area contributed by atoms with Crippen LogP contribution in [-0.2, 0) is 5.38 Å². The van der Waals surface area contributed by atoms with Crippen LogP contribution in [0.25, 0.3) is 16.9 Å². The van der Waals surface area contributed by atoms with E-state index in [0.29, 0.717) is 6.92 Å². The summed E-state index contributed by atoms with van der Waals surface area (Å²) in [4.78, 5) is 7.54. The Morgan fingerprint density at radius 3 is 2.36 bits per heavy atom. The van der Waals surface area contributed by atoms with Crippen molar-refractivity contribution < 1.29 is 31.1 Å². The van der Waals surface area contributed by atoms with Crippen LogP contribution in [0.3, 0.4) is 0 Å². The number of hydrogen-bond acceptors (Lipinski definition) is 5. The molecule has 0 amide bonds.